The maximum Gasteiger partial charge on any atom is 0.325 e. The van der Waals surface area contributed by atoms with Gasteiger partial charge >= 0.3 is 6.03 Å². The highest BCUT2D eigenvalue weighted by atomic mass is 16.2. The summed E-state index contributed by atoms with van der Waals surface area (Å²) >= 11 is 0. The first-order chi connectivity index (χ1) is 17.5. The van der Waals surface area contributed by atoms with Gasteiger partial charge in [0.05, 0.1) is 11.4 Å². The van der Waals surface area contributed by atoms with Crippen molar-refractivity contribution in [2.45, 2.75) is 25.3 Å². The highest BCUT2D eigenvalue weighted by molar-refractivity contribution is 6.12. The molecule has 1 atom stereocenters. The van der Waals surface area contributed by atoms with Gasteiger partial charge in [-0.1, -0.05) is 72.8 Å². The van der Waals surface area contributed by atoms with E-state index in [1.165, 1.54) is 0 Å². The topological polar surface area (TPSA) is 69.7 Å². The van der Waals surface area contributed by atoms with Gasteiger partial charge in [-0.05, 0) is 65.4 Å². The van der Waals surface area contributed by atoms with Crippen LogP contribution in [0.4, 0.5) is 16.2 Å². The Labute approximate surface area is 209 Å². The van der Waals surface area contributed by atoms with Crippen molar-refractivity contribution in [1.29, 1.82) is 0 Å². The Bertz CT molecular complexity index is 1500. The summed E-state index contributed by atoms with van der Waals surface area (Å²) in [6.07, 6.45) is 1.61. The van der Waals surface area contributed by atoms with E-state index >= 15 is 0 Å². The van der Waals surface area contributed by atoms with Gasteiger partial charge in [0, 0.05) is 0 Å². The summed E-state index contributed by atoms with van der Waals surface area (Å²) < 4.78 is 0. The standard InChI is InChI=1S/C30H25N3O3/c1-30(24-17-16-20-8-2-3-11-23(20)18-24)28(35)32(29(36)31-30)19-27(34)33-25-12-6-4-9-21(25)14-15-22-10-5-7-13-26(22)33/h2-13,16-18H,14-15,19H2,1H3,(H,31,36). The molecule has 0 bridgehead atoms. The van der Waals surface area contributed by atoms with E-state index in [-0.39, 0.29) is 12.5 Å². The molecule has 4 aromatic carbocycles. The molecule has 1 N–H and O–H groups in total. The van der Waals surface area contributed by atoms with Crippen molar-refractivity contribution >= 4 is 40.0 Å². The third kappa shape index (κ3) is 3.45. The van der Waals surface area contributed by atoms with Crippen LogP contribution in [-0.2, 0) is 28.0 Å². The lowest BCUT2D eigenvalue weighted by molar-refractivity contribution is -0.134. The van der Waals surface area contributed by atoms with Crippen molar-refractivity contribution in [3.8, 4) is 0 Å². The Morgan fingerprint density at radius 3 is 2.06 bits per heavy atom. The summed E-state index contributed by atoms with van der Waals surface area (Å²) in [7, 11) is 0. The predicted molar refractivity (Wildman–Crippen MR) is 139 cm³/mol. The van der Waals surface area contributed by atoms with Crippen LogP contribution in [0.3, 0.4) is 0 Å². The van der Waals surface area contributed by atoms with Crippen LogP contribution >= 0.6 is 0 Å². The average molecular weight is 476 g/mol. The number of nitrogens with one attached hydrogen (secondary N) is 1. The molecule has 2 aliphatic rings. The van der Waals surface area contributed by atoms with Gasteiger partial charge in [0.25, 0.3) is 11.8 Å². The molecule has 1 fully saturated rings. The number of para-hydroxylation sites is 2. The van der Waals surface area contributed by atoms with Crippen LogP contribution in [0.25, 0.3) is 10.8 Å². The van der Waals surface area contributed by atoms with Crippen LogP contribution < -0.4 is 10.2 Å². The van der Waals surface area contributed by atoms with Crippen molar-refractivity contribution in [1.82, 2.24) is 10.2 Å². The largest absolute Gasteiger partial charge is 0.325 e. The highest BCUT2D eigenvalue weighted by Gasteiger charge is 2.50. The van der Waals surface area contributed by atoms with Crippen molar-refractivity contribution in [3.05, 3.63) is 108 Å². The lowest BCUT2D eigenvalue weighted by atomic mass is 9.90. The van der Waals surface area contributed by atoms with Crippen LogP contribution in [0, 0.1) is 0 Å². The van der Waals surface area contributed by atoms with E-state index in [9.17, 15) is 14.4 Å². The number of benzene rings is 4. The molecule has 178 valence electrons. The molecule has 0 aromatic heterocycles. The summed E-state index contributed by atoms with van der Waals surface area (Å²) in [5.41, 5.74) is 3.12. The number of carbonyl (C=O) groups is 3. The number of imide groups is 1. The number of amides is 4. The number of aryl methyl sites for hydroxylation is 2. The molecule has 0 radical (unpaired) electrons. The minimum absolute atomic E-state index is 0.330. The van der Waals surface area contributed by atoms with Gasteiger partial charge in [-0.25, -0.2) is 4.79 Å². The van der Waals surface area contributed by atoms with Gasteiger partial charge in [0.2, 0.25) is 0 Å². The highest BCUT2D eigenvalue weighted by Crippen LogP contribution is 2.37. The summed E-state index contributed by atoms with van der Waals surface area (Å²) in [6, 6.07) is 28.6. The molecule has 36 heavy (non-hydrogen) atoms. The molecule has 0 aliphatic carbocycles. The number of fused-ring (bicyclic) bond motifs is 3. The molecule has 2 aliphatic heterocycles. The minimum Gasteiger partial charge on any atom is -0.319 e. The quantitative estimate of drug-likeness (QED) is 0.421. The van der Waals surface area contributed by atoms with Gasteiger partial charge in [0.15, 0.2) is 0 Å². The molecule has 6 rings (SSSR count). The van der Waals surface area contributed by atoms with E-state index in [0.29, 0.717) is 5.56 Å². The molecular weight excluding hydrogens is 450 g/mol. The molecule has 1 saturated heterocycles. The number of nitrogens with zero attached hydrogens (tertiary/aromatic N) is 2. The number of anilines is 2. The van der Waals surface area contributed by atoms with Crippen LogP contribution in [0.2, 0.25) is 0 Å². The minimum atomic E-state index is -1.25. The number of rotatable bonds is 3. The van der Waals surface area contributed by atoms with Crippen molar-refractivity contribution in [3.63, 3.8) is 0 Å². The average Bonchev–Trinajstić information content (AvgIpc) is 3.03. The first-order valence-electron chi connectivity index (χ1n) is 12.1. The molecule has 0 spiro atoms. The van der Waals surface area contributed by atoms with Gasteiger partial charge in [-0.15, -0.1) is 0 Å². The van der Waals surface area contributed by atoms with Crippen molar-refractivity contribution < 1.29 is 14.4 Å². The summed E-state index contributed by atoms with van der Waals surface area (Å²) in [4.78, 5) is 43.2. The van der Waals surface area contributed by atoms with Crippen molar-refractivity contribution in [2.75, 3.05) is 11.4 Å². The van der Waals surface area contributed by atoms with Gasteiger partial charge in [-0.2, -0.15) is 0 Å². The number of hydrogen-bond donors (Lipinski definition) is 1. The van der Waals surface area contributed by atoms with Crippen LogP contribution in [0.5, 0.6) is 0 Å². The second-order valence-electron chi connectivity index (χ2n) is 9.49. The van der Waals surface area contributed by atoms with E-state index in [0.717, 1.165) is 51.0 Å². The predicted octanol–water partition coefficient (Wildman–Crippen LogP) is 5.07. The van der Waals surface area contributed by atoms with Crippen LogP contribution in [0.1, 0.15) is 23.6 Å². The molecule has 6 nitrogen and oxygen atoms in total. The second kappa shape index (κ2) is 8.34. The second-order valence-corrected chi connectivity index (χ2v) is 9.49. The Hall–Kier alpha value is -4.45. The molecule has 4 aromatic rings. The van der Waals surface area contributed by atoms with Gasteiger partial charge in [0.1, 0.15) is 12.1 Å². The molecule has 0 saturated carbocycles. The number of urea groups is 1. The van der Waals surface area contributed by atoms with E-state index in [4.69, 9.17) is 0 Å². The Morgan fingerprint density at radius 1 is 0.806 bits per heavy atom. The monoisotopic (exact) mass is 475 g/mol. The van der Waals surface area contributed by atoms with E-state index in [1.54, 1.807) is 11.8 Å². The summed E-state index contributed by atoms with van der Waals surface area (Å²) in [5.74, 6) is -0.768. The fourth-order valence-corrected chi connectivity index (χ4v) is 5.29. The zero-order valence-corrected chi connectivity index (χ0v) is 19.9. The molecule has 2 heterocycles. The molecule has 4 amide bonds. The molecule has 1 unspecified atom stereocenters. The zero-order valence-electron chi connectivity index (χ0n) is 19.9. The van der Waals surface area contributed by atoms with Crippen LogP contribution in [0.15, 0.2) is 91.0 Å². The Balaban J connectivity index is 1.34. The Morgan fingerprint density at radius 2 is 1.39 bits per heavy atom. The maximum atomic E-state index is 13.8. The molecular formula is C30H25N3O3. The SMILES string of the molecule is CC1(c2ccc3ccccc3c2)NC(=O)N(CC(=O)N2c3ccccc3CCc3ccccc32)C1=O. The molecule has 6 heteroatoms. The third-order valence-electron chi connectivity index (χ3n) is 7.27. The van der Waals surface area contributed by atoms with Gasteiger partial charge < -0.3 is 5.32 Å². The fraction of sp³-hybridized carbons (Fsp3) is 0.167. The van der Waals surface area contributed by atoms with E-state index < -0.39 is 17.5 Å². The Kier molecular flexibility index (Phi) is 5.11. The summed E-state index contributed by atoms with van der Waals surface area (Å²) in [5, 5.41) is 4.86. The normalized spacial score (nSPS) is 19.0. The first kappa shape index (κ1) is 22.0. The number of hydrogen-bond acceptors (Lipinski definition) is 3. The summed E-state index contributed by atoms with van der Waals surface area (Å²) in [6.45, 7) is 1.34. The zero-order chi connectivity index (χ0) is 24.9. The smallest absolute Gasteiger partial charge is 0.319 e. The third-order valence-corrected chi connectivity index (χ3v) is 7.27. The van der Waals surface area contributed by atoms with Crippen LogP contribution in [-0.4, -0.2) is 29.3 Å². The number of carbonyl (C=O) groups excluding carboxylic acids is 3. The van der Waals surface area contributed by atoms with E-state index in [2.05, 4.69) is 5.32 Å². The van der Waals surface area contributed by atoms with E-state index in [1.807, 2.05) is 91.0 Å². The lowest BCUT2D eigenvalue weighted by Gasteiger charge is -2.27. The lowest BCUT2D eigenvalue weighted by Crippen LogP contribution is -2.43. The fourth-order valence-electron chi connectivity index (χ4n) is 5.29. The first-order valence-corrected chi connectivity index (χ1v) is 12.1. The van der Waals surface area contributed by atoms with Gasteiger partial charge in [-0.3, -0.25) is 19.4 Å². The van der Waals surface area contributed by atoms with Crippen molar-refractivity contribution in [2.24, 2.45) is 0 Å². The maximum absolute atomic E-state index is 13.8.